The lowest BCUT2D eigenvalue weighted by Gasteiger charge is -2.18. The first-order chi connectivity index (χ1) is 29.6. The van der Waals surface area contributed by atoms with E-state index in [2.05, 4.69) is 106 Å². The molecule has 0 rings (SSSR count). The standard InChI is InChI=1S/C55H94O5/c1-4-7-10-13-16-19-22-25-27-28-29-31-33-36-39-42-45-48-54(56)59-52-53(51-58-50-47-44-41-38-35-32-26-23-20-17-14-11-8-5-2)60-55(57)49-46-43-40-37-34-30-24-21-18-15-12-9-6-3/h7,9-10,12,16,18-21,23,25,27,30,34,53H,4-6,8,11,13-15,17,22,24,26,28-29,31-33,35-52H2,1-3H3/b10-7-,12-9-,19-16-,21-18-,23-20-,27-25-,34-30-. The number of hydrogen-bond donors (Lipinski definition) is 0. The molecule has 1 atom stereocenters. The van der Waals surface area contributed by atoms with E-state index < -0.39 is 6.10 Å². The lowest BCUT2D eigenvalue weighted by molar-refractivity contribution is -0.163. The zero-order valence-electron chi connectivity index (χ0n) is 39.5. The van der Waals surface area contributed by atoms with E-state index in [9.17, 15) is 9.59 Å². The maximum atomic E-state index is 12.8. The van der Waals surface area contributed by atoms with E-state index in [0.29, 0.717) is 19.4 Å². The zero-order valence-corrected chi connectivity index (χ0v) is 39.5. The van der Waals surface area contributed by atoms with E-state index >= 15 is 0 Å². The minimum absolute atomic E-state index is 0.0624. The van der Waals surface area contributed by atoms with E-state index in [4.69, 9.17) is 14.2 Å². The number of hydrogen-bond acceptors (Lipinski definition) is 5. The summed E-state index contributed by atoms with van der Waals surface area (Å²) in [6.07, 6.45) is 65.9. The molecule has 0 saturated heterocycles. The van der Waals surface area contributed by atoms with Crippen molar-refractivity contribution in [2.45, 2.75) is 232 Å². The summed E-state index contributed by atoms with van der Waals surface area (Å²) in [7, 11) is 0. The normalized spacial score (nSPS) is 12.9. The second-order valence-electron chi connectivity index (χ2n) is 16.3. The van der Waals surface area contributed by atoms with Gasteiger partial charge in [-0.3, -0.25) is 9.59 Å². The van der Waals surface area contributed by atoms with E-state index in [-0.39, 0.29) is 25.2 Å². The Morgan fingerprint density at radius 2 is 0.750 bits per heavy atom. The van der Waals surface area contributed by atoms with Gasteiger partial charge in [-0.15, -0.1) is 0 Å². The average molecular weight is 835 g/mol. The van der Waals surface area contributed by atoms with Crippen LogP contribution in [-0.2, 0) is 23.8 Å². The molecule has 0 aromatic heterocycles. The summed E-state index contributed by atoms with van der Waals surface area (Å²) in [5, 5.41) is 0. The maximum Gasteiger partial charge on any atom is 0.306 e. The molecule has 0 N–H and O–H groups in total. The second-order valence-corrected chi connectivity index (χ2v) is 16.3. The third-order valence-corrected chi connectivity index (χ3v) is 10.4. The second kappa shape index (κ2) is 50.4. The highest BCUT2D eigenvalue weighted by atomic mass is 16.6. The summed E-state index contributed by atoms with van der Waals surface area (Å²) >= 11 is 0. The smallest absolute Gasteiger partial charge is 0.306 e. The highest BCUT2D eigenvalue weighted by Gasteiger charge is 2.17. The summed E-state index contributed by atoms with van der Waals surface area (Å²) in [5.74, 6) is -0.447. The van der Waals surface area contributed by atoms with Crippen molar-refractivity contribution in [2.24, 2.45) is 0 Å². The van der Waals surface area contributed by atoms with Crippen LogP contribution in [-0.4, -0.2) is 37.9 Å². The first-order valence-corrected chi connectivity index (χ1v) is 25.1. The number of rotatable bonds is 45. The van der Waals surface area contributed by atoms with Crippen LogP contribution in [0.15, 0.2) is 85.1 Å². The van der Waals surface area contributed by atoms with Crippen LogP contribution in [0.1, 0.15) is 226 Å². The molecule has 0 fully saturated rings. The van der Waals surface area contributed by atoms with Gasteiger partial charge >= 0.3 is 11.9 Å². The molecule has 0 saturated carbocycles. The number of carbonyl (C=O) groups is 2. The number of allylic oxidation sites excluding steroid dienone is 14. The minimum atomic E-state index is -0.561. The van der Waals surface area contributed by atoms with Crippen molar-refractivity contribution in [1.82, 2.24) is 0 Å². The van der Waals surface area contributed by atoms with Gasteiger partial charge in [0.15, 0.2) is 6.10 Å². The predicted octanol–water partition coefficient (Wildman–Crippen LogP) is 16.9. The third-order valence-electron chi connectivity index (χ3n) is 10.4. The van der Waals surface area contributed by atoms with E-state index in [1.165, 1.54) is 89.9 Å². The molecule has 0 bridgehead atoms. The molecule has 60 heavy (non-hydrogen) atoms. The summed E-state index contributed by atoms with van der Waals surface area (Å²) in [6, 6.07) is 0. The number of ether oxygens (including phenoxy) is 3. The van der Waals surface area contributed by atoms with Crippen LogP contribution in [0.2, 0.25) is 0 Å². The Labute approximate surface area is 371 Å². The Morgan fingerprint density at radius 3 is 1.23 bits per heavy atom. The van der Waals surface area contributed by atoms with Gasteiger partial charge in [-0.1, -0.05) is 189 Å². The summed E-state index contributed by atoms with van der Waals surface area (Å²) in [4.78, 5) is 25.4. The van der Waals surface area contributed by atoms with Gasteiger partial charge in [-0.25, -0.2) is 0 Å². The molecule has 0 aromatic rings. The molecule has 5 heteroatoms. The van der Waals surface area contributed by atoms with Crippen molar-refractivity contribution in [3.05, 3.63) is 85.1 Å². The Hall–Kier alpha value is -2.92. The topological polar surface area (TPSA) is 61.8 Å². The summed E-state index contributed by atoms with van der Waals surface area (Å²) in [5.41, 5.74) is 0. The highest BCUT2D eigenvalue weighted by Crippen LogP contribution is 2.13. The van der Waals surface area contributed by atoms with Crippen LogP contribution in [0.3, 0.4) is 0 Å². The Kier molecular flexibility index (Phi) is 48.0. The Bertz CT molecular complexity index is 1130. The lowest BCUT2D eigenvalue weighted by atomic mass is 10.1. The molecule has 0 aliphatic rings. The quantitative estimate of drug-likeness (QED) is 0.0347. The van der Waals surface area contributed by atoms with Crippen LogP contribution in [0.4, 0.5) is 0 Å². The van der Waals surface area contributed by atoms with Gasteiger partial charge in [0, 0.05) is 19.4 Å². The van der Waals surface area contributed by atoms with E-state index in [0.717, 1.165) is 103 Å². The van der Waals surface area contributed by atoms with Crippen LogP contribution in [0, 0.1) is 0 Å². The highest BCUT2D eigenvalue weighted by molar-refractivity contribution is 5.70. The fourth-order valence-corrected chi connectivity index (χ4v) is 6.71. The molecule has 0 aliphatic heterocycles. The molecule has 1 unspecified atom stereocenters. The SMILES string of the molecule is CC/C=C\C/C=C\C/C=C\CCCCCCCCCC(=O)OCC(COCCCCCCCC/C=C\CCCCCC)OC(=O)CCCCC/C=C\C/C=C\C/C=C\CC. The van der Waals surface area contributed by atoms with Crippen LogP contribution in [0.25, 0.3) is 0 Å². The molecule has 0 spiro atoms. The predicted molar refractivity (Wildman–Crippen MR) is 260 cm³/mol. The molecular weight excluding hydrogens is 741 g/mol. The van der Waals surface area contributed by atoms with Gasteiger partial charge in [0.25, 0.3) is 0 Å². The zero-order chi connectivity index (χ0) is 43.5. The lowest BCUT2D eigenvalue weighted by Crippen LogP contribution is -2.30. The molecule has 344 valence electrons. The summed E-state index contributed by atoms with van der Waals surface area (Å²) in [6.45, 7) is 7.54. The van der Waals surface area contributed by atoms with Crippen molar-refractivity contribution < 1.29 is 23.8 Å². The average Bonchev–Trinajstić information content (AvgIpc) is 3.25. The van der Waals surface area contributed by atoms with Gasteiger partial charge in [0.1, 0.15) is 6.61 Å². The van der Waals surface area contributed by atoms with Gasteiger partial charge in [0.2, 0.25) is 0 Å². The van der Waals surface area contributed by atoms with E-state index in [1.807, 2.05) is 0 Å². The van der Waals surface area contributed by atoms with Crippen molar-refractivity contribution in [3.63, 3.8) is 0 Å². The van der Waals surface area contributed by atoms with Crippen molar-refractivity contribution in [2.75, 3.05) is 19.8 Å². The Morgan fingerprint density at radius 1 is 0.383 bits per heavy atom. The van der Waals surface area contributed by atoms with E-state index in [1.54, 1.807) is 0 Å². The van der Waals surface area contributed by atoms with Gasteiger partial charge in [0.05, 0.1) is 6.61 Å². The van der Waals surface area contributed by atoms with Crippen molar-refractivity contribution in [1.29, 1.82) is 0 Å². The van der Waals surface area contributed by atoms with Crippen LogP contribution < -0.4 is 0 Å². The largest absolute Gasteiger partial charge is 0.462 e. The number of unbranched alkanes of at least 4 members (excludes halogenated alkanes) is 20. The van der Waals surface area contributed by atoms with Crippen molar-refractivity contribution in [3.8, 4) is 0 Å². The third kappa shape index (κ3) is 47.8. The van der Waals surface area contributed by atoms with Crippen molar-refractivity contribution >= 4 is 11.9 Å². The Balaban J connectivity index is 4.32. The minimum Gasteiger partial charge on any atom is -0.462 e. The molecule has 0 heterocycles. The first-order valence-electron chi connectivity index (χ1n) is 25.1. The molecule has 5 nitrogen and oxygen atoms in total. The molecule has 0 radical (unpaired) electrons. The maximum absolute atomic E-state index is 12.8. The molecule has 0 aromatic carbocycles. The summed E-state index contributed by atoms with van der Waals surface area (Å²) < 4.78 is 17.3. The number of esters is 2. The first kappa shape index (κ1) is 57.1. The number of carbonyl (C=O) groups excluding carboxylic acids is 2. The molecule has 0 aliphatic carbocycles. The molecule has 0 amide bonds. The van der Waals surface area contributed by atoms with Crippen LogP contribution in [0.5, 0.6) is 0 Å². The fourth-order valence-electron chi connectivity index (χ4n) is 6.71. The fraction of sp³-hybridized carbons (Fsp3) is 0.709. The van der Waals surface area contributed by atoms with Gasteiger partial charge in [-0.2, -0.15) is 0 Å². The van der Waals surface area contributed by atoms with Gasteiger partial charge < -0.3 is 14.2 Å². The monoisotopic (exact) mass is 835 g/mol. The molecular formula is C55H94O5. The van der Waals surface area contributed by atoms with Crippen LogP contribution >= 0.6 is 0 Å². The van der Waals surface area contributed by atoms with Gasteiger partial charge in [-0.05, 0) is 109 Å².